The van der Waals surface area contributed by atoms with Crippen LogP contribution in [0.15, 0.2) is 24.3 Å². The highest BCUT2D eigenvalue weighted by Gasteiger charge is 2.17. The Kier molecular flexibility index (Phi) is 3.31. The fourth-order valence-corrected chi connectivity index (χ4v) is 3.07. The summed E-state index contributed by atoms with van der Waals surface area (Å²) in [5.74, 6) is -0.228. The maximum absolute atomic E-state index is 13.8. The average molecular weight is 249 g/mol. The fraction of sp³-hybridized carbons (Fsp3) is 0.286. The molecule has 0 amide bonds. The number of benzene rings is 1. The van der Waals surface area contributed by atoms with Crippen molar-refractivity contribution in [3.63, 3.8) is 0 Å². The van der Waals surface area contributed by atoms with Gasteiger partial charge in [-0.1, -0.05) is 17.7 Å². The predicted octanol–water partition coefficient (Wildman–Crippen LogP) is 3.86. The van der Waals surface area contributed by atoms with E-state index in [2.05, 4.69) is 6.07 Å². The Morgan fingerprint density at radius 3 is 2.47 bits per heavy atom. The van der Waals surface area contributed by atoms with E-state index in [1.807, 2.05) is 26.8 Å². The molecule has 0 aliphatic heterocycles. The summed E-state index contributed by atoms with van der Waals surface area (Å²) in [6.07, 6.45) is 0. The molecule has 90 valence electrons. The fourth-order valence-electron chi connectivity index (χ4n) is 2.01. The lowest BCUT2D eigenvalue weighted by atomic mass is 10.0. The van der Waals surface area contributed by atoms with Crippen LogP contribution in [-0.4, -0.2) is 0 Å². The highest BCUT2D eigenvalue weighted by atomic mass is 32.1. The molecule has 2 aromatic rings. The molecule has 1 heterocycles. The van der Waals surface area contributed by atoms with Gasteiger partial charge in [0.15, 0.2) is 0 Å². The Balaban J connectivity index is 2.46. The SMILES string of the molecule is Cc1ccc(F)c(C(N)c2sc(C)cc2C)c1. The minimum absolute atomic E-state index is 0.228. The highest BCUT2D eigenvalue weighted by molar-refractivity contribution is 7.12. The summed E-state index contributed by atoms with van der Waals surface area (Å²) < 4.78 is 13.8. The smallest absolute Gasteiger partial charge is 0.128 e. The monoisotopic (exact) mass is 249 g/mol. The summed E-state index contributed by atoms with van der Waals surface area (Å²) in [6, 6.07) is 6.80. The van der Waals surface area contributed by atoms with E-state index < -0.39 is 0 Å². The number of aryl methyl sites for hydroxylation is 3. The second kappa shape index (κ2) is 4.59. The second-order valence-corrected chi connectivity index (χ2v) is 5.69. The maximum Gasteiger partial charge on any atom is 0.128 e. The zero-order chi connectivity index (χ0) is 12.6. The van der Waals surface area contributed by atoms with Gasteiger partial charge >= 0.3 is 0 Å². The van der Waals surface area contributed by atoms with E-state index in [4.69, 9.17) is 5.73 Å². The Labute approximate surface area is 105 Å². The molecule has 17 heavy (non-hydrogen) atoms. The summed E-state index contributed by atoms with van der Waals surface area (Å²) in [5, 5.41) is 0. The maximum atomic E-state index is 13.8. The van der Waals surface area contributed by atoms with Gasteiger partial charge in [-0.05, 0) is 38.5 Å². The van der Waals surface area contributed by atoms with E-state index in [-0.39, 0.29) is 11.9 Å². The van der Waals surface area contributed by atoms with Crippen molar-refractivity contribution in [1.82, 2.24) is 0 Å². The van der Waals surface area contributed by atoms with Gasteiger partial charge in [-0.2, -0.15) is 0 Å². The van der Waals surface area contributed by atoms with Crippen molar-refractivity contribution in [2.45, 2.75) is 26.8 Å². The van der Waals surface area contributed by atoms with Gasteiger partial charge in [-0.25, -0.2) is 4.39 Å². The molecule has 0 bridgehead atoms. The summed E-state index contributed by atoms with van der Waals surface area (Å²) >= 11 is 1.64. The van der Waals surface area contributed by atoms with Gasteiger partial charge in [0, 0.05) is 15.3 Å². The molecule has 2 N–H and O–H groups in total. The molecular formula is C14H16FNS. The van der Waals surface area contributed by atoms with Crippen LogP contribution in [0, 0.1) is 26.6 Å². The Hall–Kier alpha value is -1.19. The Morgan fingerprint density at radius 1 is 1.18 bits per heavy atom. The average Bonchev–Trinajstić information content (AvgIpc) is 2.60. The molecule has 0 aliphatic carbocycles. The van der Waals surface area contributed by atoms with E-state index in [9.17, 15) is 4.39 Å². The van der Waals surface area contributed by atoms with Gasteiger partial charge < -0.3 is 5.73 Å². The van der Waals surface area contributed by atoms with Crippen LogP contribution in [0.5, 0.6) is 0 Å². The van der Waals surface area contributed by atoms with E-state index >= 15 is 0 Å². The first-order chi connectivity index (χ1) is 7.99. The number of rotatable bonds is 2. The molecule has 0 aliphatic rings. The third-order valence-corrected chi connectivity index (χ3v) is 4.08. The van der Waals surface area contributed by atoms with Crippen molar-refractivity contribution in [3.8, 4) is 0 Å². The van der Waals surface area contributed by atoms with Gasteiger partial charge in [0.2, 0.25) is 0 Å². The summed E-state index contributed by atoms with van der Waals surface area (Å²) in [4.78, 5) is 2.26. The largest absolute Gasteiger partial charge is 0.320 e. The molecule has 1 atom stereocenters. The van der Waals surface area contributed by atoms with Gasteiger partial charge in [0.1, 0.15) is 5.82 Å². The molecule has 0 spiro atoms. The van der Waals surface area contributed by atoms with Gasteiger partial charge in [-0.3, -0.25) is 0 Å². The van der Waals surface area contributed by atoms with Crippen LogP contribution in [0.25, 0.3) is 0 Å². The number of nitrogens with two attached hydrogens (primary N) is 1. The first-order valence-corrected chi connectivity index (χ1v) is 6.39. The topological polar surface area (TPSA) is 26.0 Å². The minimum Gasteiger partial charge on any atom is -0.320 e. The lowest BCUT2D eigenvalue weighted by molar-refractivity contribution is 0.600. The van der Waals surface area contributed by atoms with Crippen molar-refractivity contribution in [2.24, 2.45) is 5.73 Å². The van der Waals surface area contributed by atoms with E-state index in [1.54, 1.807) is 17.4 Å². The van der Waals surface area contributed by atoms with Crippen molar-refractivity contribution in [3.05, 3.63) is 56.5 Å². The molecule has 1 nitrogen and oxygen atoms in total. The third kappa shape index (κ3) is 2.40. The molecule has 3 heteroatoms. The first-order valence-electron chi connectivity index (χ1n) is 5.57. The Morgan fingerprint density at radius 2 is 1.88 bits per heavy atom. The molecular weight excluding hydrogens is 233 g/mol. The summed E-state index contributed by atoms with van der Waals surface area (Å²) in [5.41, 5.74) is 8.92. The van der Waals surface area contributed by atoms with Crippen LogP contribution in [-0.2, 0) is 0 Å². The van der Waals surface area contributed by atoms with Crippen LogP contribution >= 0.6 is 11.3 Å². The van der Waals surface area contributed by atoms with Crippen LogP contribution in [0.1, 0.15) is 32.5 Å². The minimum atomic E-state index is -0.367. The van der Waals surface area contributed by atoms with Crippen molar-refractivity contribution in [2.75, 3.05) is 0 Å². The highest BCUT2D eigenvalue weighted by Crippen LogP contribution is 2.31. The molecule has 2 rings (SSSR count). The normalized spacial score (nSPS) is 12.8. The zero-order valence-electron chi connectivity index (χ0n) is 10.3. The van der Waals surface area contributed by atoms with Crippen molar-refractivity contribution in [1.29, 1.82) is 0 Å². The van der Waals surface area contributed by atoms with E-state index in [1.165, 1.54) is 10.9 Å². The molecule has 1 unspecified atom stereocenters. The van der Waals surface area contributed by atoms with Crippen molar-refractivity contribution >= 4 is 11.3 Å². The Bertz CT molecular complexity index is 545. The number of hydrogen-bond acceptors (Lipinski definition) is 2. The van der Waals surface area contributed by atoms with E-state index in [0.29, 0.717) is 5.56 Å². The molecule has 0 saturated carbocycles. The van der Waals surface area contributed by atoms with Gasteiger partial charge in [0.25, 0.3) is 0 Å². The quantitative estimate of drug-likeness (QED) is 0.859. The van der Waals surface area contributed by atoms with Crippen LogP contribution < -0.4 is 5.73 Å². The van der Waals surface area contributed by atoms with Crippen LogP contribution in [0.4, 0.5) is 4.39 Å². The van der Waals surface area contributed by atoms with Gasteiger partial charge in [0.05, 0.1) is 6.04 Å². The van der Waals surface area contributed by atoms with Crippen LogP contribution in [0.3, 0.4) is 0 Å². The second-order valence-electron chi connectivity index (χ2n) is 4.41. The number of thiophene rings is 1. The summed E-state index contributed by atoms with van der Waals surface area (Å²) in [7, 11) is 0. The lowest BCUT2D eigenvalue weighted by Crippen LogP contribution is -2.13. The summed E-state index contributed by atoms with van der Waals surface area (Å²) in [6.45, 7) is 6.01. The van der Waals surface area contributed by atoms with E-state index in [0.717, 1.165) is 16.0 Å². The third-order valence-electron chi connectivity index (χ3n) is 2.85. The molecule has 0 fully saturated rings. The molecule has 0 radical (unpaired) electrons. The zero-order valence-corrected chi connectivity index (χ0v) is 11.1. The number of hydrogen-bond donors (Lipinski definition) is 1. The first kappa shape index (κ1) is 12.3. The molecule has 1 aromatic heterocycles. The molecule has 0 saturated heterocycles. The molecule has 1 aromatic carbocycles. The van der Waals surface area contributed by atoms with Gasteiger partial charge in [-0.15, -0.1) is 11.3 Å². The lowest BCUT2D eigenvalue weighted by Gasteiger charge is -2.13. The van der Waals surface area contributed by atoms with Crippen LogP contribution in [0.2, 0.25) is 0 Å². The van der Waals surface area contributed by atoms with Crippen molar-refractivity contribution < 1.29 is 4.39 Å². The predicted molar refractivity (Wildman–Crippen MR) is 71.0 cm³/mol. The number of halogens is 1. The standard InChI is InChI=1S/C14H16FNS/c1-8-4-5-12(15)11(6-8)13(16)14-9(2)7-10(3)17-14/h4-7,13H,16H2,1-3H3.